The fraction of sp³-hybridized carbons (Fsp3) is 0.280. The third-order valence-electron chi connectivity index (χ3n) is 6.23. The highest BCUT2D eigenvalue weighted by Gasteiger charge is 2.22. The maximum absolute atomic E-state index is 14.6. The van der Waals surface area contributed by atoms with Crippen molar-refractivity contribution >= 4 is 17.2 Å². The first-order chi connectivity index (χ1) is 16.0. The van der Waals surface area contributed by atoms with Crippen LogP contribution in [0.25, 0.3) is 28.0 Å². The third-order valence-corrected chi connectivity index (χ3v) is 6.46. The Morgan fingerprint density at radius 3 is 2.76 bits per heavy atom. The fourth-order valence-corrected chi connectivity index (χ4v) is 4.55. The van der Waals surface area contributed by atoms with Crippen molar-refractivity contribution in [2.45, 2.75) is 25.1 Å². The molecule has 0 saturated carbocycles. The highest BCUT2D eigenvalue weighted by Crippen LogP contribution is 2.33. The van der Waals surface area contributed by atoms with Crippen LogP contribution < -0.4 is 5.32 Å². The van der Waals surface area contributed by atoms with Crippen LogP contribution >= 0.6 is 11.6 Å². The molecule has 170 valence electrons. The number of imidazole rings is 1. The summed E-state index contributed by atoms with van der Waals surface area (Å²) in [6, 6.07) is 12.2. The first kappa shape index (κ1) is 22.0. The van der Waals surface area contributed by atoms with E-state index >= 15 is 0 Å². The van der Waals surface area contributed by atoms with E-state index in [-0.39, 0.29) is 11.9 Å². The van der Waals surface area contributed by atoms with Gasteiger partial charge in [0.2, 0.25) is 0 Å². The summed E-state index contributed by atoms with van der Waals surface area (Å²) in [6.07, 6.45) is 6.35. The number of pyridine rings is 2. The Morgan fingerprint density at radius 2 is 1.94 bits per heavy atom. The molecule has 5 rings (SSSR count). The smallest absolute Gasteiger partial charge is 0.148 e. The Hall–Kier alpha value is -2.84. The third kappa shape index (κ3) is 4.50. The van der Waals surface area contributed by atoms with Crippen molar-refractivity contribution < 1.29 is 9.50 Å². The molecule has 33 heavy (non-hydrogen) atoms. The quantitative estimate of drug-likeness (QED) is 0.424. The van der Waals surface area contributed by atoms with Gasteiger partial charge in [-0.05, 0) is 69.4 Å². The van der Waals surface area contributed by atoms with Gasteiger partial charge in [0.1, 0.15) is 17.7 Å². The molecule has 8 heteroatoms. The van der Waals surface area contributed by atoms with Crippen molar-refractivity contribution in [3.8, 4) is 22.4 Å². The van der Waals surface area contributed by atoms with Gasteiger partial charge in [-0.1, -0.05) is 17.7 Å². The average molecular weight is 466 g/mol. The molecule has 0 aliphatic carbocycles. The van der Waals surface area contributed by atoms with Crippen LogP contribution in [0.4, 0.5) is 4.39 Å². The van der Waals surface area contributed by atoms with Crippen LogP contribution in [0.1, 0.15) is 24.8 Å². The minimum atomic E-state index is -0.845. The van der Waals surface area contributed by atoms with Gasteiger partial charge in [-0.3, -0.25) is 14.7 Å². The van der Waals surface area contributed by atoms with Gasteiger partial charge < -0.3 is 10.0 Å². The Kier molecular flexibility index (Phi) is 6.12. The molecule has 4 aromatic rings. The summed E-state index contributed by atoms with van der Waals surface area (Å²) in [4.78, 5) is 11.2. The number of nitrogens with zero attached hydrogens (tertiary/aromatic N) is 4. The highest BCUT2D eigenvalue weighted by atomic mass is 35.5. The summed E-state index contributed by atoms with van der Waals surface area (Å²) in [5.41, 5.74) is 3.81. The Balaban J connectivity index is 1.50. The number of aliphatic hydroxyl groups excluding tert-OH is 1. The lowest BCUT2D eigenvalue weighted by Gasteiger charge is -2.31. The van der Waals surface area contributed by atoms with Crippen LogP contribution in [0, 0.1) is 5.82 Å². The zero-order valence-corrected chi connectivity index (χ0v) is 19.0. The number of rotatable bonds is 5. The number of piperidine rings is 1. The van der Waals surface area contributed by atoms with Gasteiger partial charge in [0.05, 0.1) is 17.6 Å². The number of likely N-dealkylation sites (tertiary alicyclic amines) is 1. The van der Waals surface area contributed by atoms with Crippen molar-refractivity contribution in [2.75, 3.05) is 20.1 Å². The van der Waals surface area contributed by atoms with Crippen molar-refractivity contribution in [3.05, 3.63) is 77.6 Å². The van der Waals surface area contributed by atoms with E-state index in [1.54, 1.807) is 18.5 Å². The van der Waals surface area contributed by atoms with Crippen LogP contribution in [0.3, 0.4) is 0 Å². The molecular formula is C25H25ClFN5O. The molecule has 0 radical (unpaired) electrons. The summed E-state index contributed by atoms with van der Waals surface area (Å²) in [5.74, 6) is -0.388. The predicted octanol–water partition coefficient (Wildman–Crippen LogP) is 4.53. The van der Waals surface area contributed by atoms with Gasteiger partial charge in [0, 0.05) is 40.1 Å². The number of nitrogens with one attached hydrogen (secondary N) is 1. The van der Waals surface area contributed by atoms with Crippen LogP contribution in [-0.2, 0) is 0 Å². The Morgan fingerprint density at radius 1 is 1.12 bits per heavy atom. The van der Waals surface area contributed by atoms with Crippen molar-refractivity contribution in [1.29, 1.82) is 0 Å². The van der Waals surface area contributed by atoms with Crippen LogP contribution in [0.5, 0.6) is 0 Å². The predicted molar refractivity (Wildman–Crippen MR) is 127 cm³/mol. The molecule has 1 aliphatic heterocycles. The van der Waals surface area contributed by atoms with Crippen LogP contribution in [0.15, 0.2) is 61.1 Å². The summed E-state index contributed by atoms with van der Waals surface area (Å²) >= 11 is 6.13. The molecule has 1 aromatic carbocycles. The maximum atomic E-state index is 14.6. The standard InChI is InChI=1S/C25H25ClFN5O/c1-31-11-8-18(9-12-31)30-25(33)22-14-29-23-7-4-16(15-32(22)23)19-3-2-10-28-24(19)20-13-17(26)5-6-21(20)27/h2-7,10,13-15,18,25,30,33H,8-9,11-12H2,1H3. The second-order valence-electron chi connectivity index (χ2n) is 8.50. The topological polar surface area (TPSA) is 65.7 Å². The van der Waals surface area contributed by atoms with E-state index in [2.05, 4.69) is 27.2 Å². The number of aliphatic hydroxyl groups is 1. The zero-order valence-electron chi connectivity index (χ0n) is 18.2. The number of hydrogen-bond donors (Lipinski definition) is 2. The maximum Gasteiger partial charge on any atom is 0.148 e. The molecule has 1 aliphatic rings. The number of aromatic nitrogens is 3. The SMILES string of the molecule is CN1CCC(NC(O)c2cnc3ccc(-c4cccnc4-c4cc(Cl)ccc4F)cn23)CC1. The molecule has 1 saturated heterocycles. The Bertz CT molecular complexity index is 1290. The lowest BCUT2D eigenvalue weighted by molar-refractivity contribution is 0.0994. The largest absolute Gasteiger partial charge is 0.373 e. The van der Waals surface area contributed by atoms with Gasteiger partial charge in [0.25, 0.3) is 0 Å². The lowest BCUT2D eigenvalue weighted by Crippen LogP contribution is -2.42. The van der Waals surface area contributed by atoms with Gasteiger partial charge in [-0.25, -0.2) is 9.37 Å². The summed E-state index contributed by atoms with van der Waals surface area (Å²) in [5, 5.41) is 14.7. The first-order valence-electron chi connectivity index (χ1n) is 11.0. The second kappa shape index (κ2) is 9.19. The van der Waals surface area contributed by atoms with E-state index in [4.69, 9.17) is 11.6 Å². The average Bonchev–Trinajstić information content (AvgIpc) is 3.25. The number of halogens is 2. The van der Waals surface area contributed by atoms with E-state index in [0.29, 0.717) is 22.0 Å². The van der Waals surface area contributed by atoms with E-state index < -0.39 is 6.23 Å². The molecule has 0 amide bonds. The molecule has 1 unspecified atom stereocenters. The van der Waals surface area contributed by atoms with Gasteiger partial charge in [-0.15, -0.1) is 0 Å². The zero-order chi connectivity index (χ0) is 22.9. The van der Waals surface area contributed by atoms with Crippen molar-refractivity contribution in [1.82, 2.24) is 24.6 Å². The number of hydrogen-bond acceptors (Lipinski definition) is 5. The summed E-state index contributed by atoms with van der Waals surface area (Å²) in [7, 11) is 2.11. The van der Waals surface area contributed by atoms with Crippen LogP contribution in [0.2, 0.25) is 5.02 Å². The van der Waals surface area contributed by atoms with Gasteiger partial charge in [0.15, 0.2) is 0 Å². The molecule has 0 bridgehead atoms. The monoisotopic (exact) mass is 465 g/mol. The molecule has 2 N–H and O–H groups in total. The van der Waals surface area contributed by atoms with Crippen LogP contribution in [-0.4, -0.2) is 50.6 Å². The van der Waals surface area contributed by atoms with E-state index in [9.17, 15) is 9.50 Å². The molecule has 1 fully saturated rings. The highest BCUT2D eigenvalue weighted by molar-refractivity contribution is 6.30. The molecule has 4 heterocycles. The van der Waals surface area contributed by atoms with Crippen molar-refractivity contribution in [3.63, 3.8) is 0 Å². The summed E-state index contributed by atoms with van der Waals surface area (Å²) < 4.78 is 16.5. The summed E-state index contributed by atoms with van der Waals surface area (Å²) in [6.45, 7) is 2.01. The Labute approximate surface area is 196 Å². The number of benzene rings is 1. The minimum Gasteiger partial charge on any atom is -0.373 e. The molecule has 1 atom stereocenters. The van der Waals surface area contributed by atoms with Crippen molar-refractivity contribution in [2.24, 2.45) is 0 Å². The normalized spacial score (nSPS) is 16.4. The second-order valence-corrected chi connectivity index (χ2v) is 8.94. The number of fused-ring (bicyclic) bond motifs is 1. The van der Waals surface area contributed by atoms with E-state index in [0.717, 1.165) is 42.7 Å². The molecule has 6 nitrogen and oxygen atoms in total. The lowest BCUT2D eigenvalue weighted by atomic mass is 10.0. The molecule has 0 spiro atoms. The first-order valence-corrected chi connectivity index (χ1v) is 11.4. The van der Waals surface area contributed by atoms with Gasteiger partial charge >= 0.3 is 0 Å². The molecule has 3 aromatic heterocycles. The molecular weight excluding hydrogens is 441 g/mol. The fourth-order valence-electron chi connectivity index (χ4n) is 4.38. The van der Waals surface area contributed by atoms with E-state index in [1.165, 1.54) is 12.1 Å². The minimum absolute atomic E-state index is 0.251. The van der Waals surface area contributed by atoms with Gasteiger partial charge in [-0.2, -0.15) is 0 Å². The van der Waals surface area contributed by atoms with E-state index in [1.807, 2.05) is 34.9 Å².